The fourth-order valence-corrected chi connectivity index (χ4v) is 5.15. The van der Waals surface area contributed by atoms with Crippen LogP contribution in [0.5, 0.6) is 0 Å². The minimum absolute atomic E-state index is 0. The molecule has 7 heteroatoms. The largest absolute Gasteiger partial charge is 0.399 e. The van der Waals surface area contributed by atoms with E-state index in [9.17, 15) is 13.2 Å². The highest BCUT2D eigenvalue weighted by molar-refractivity contribution is 7.92. The van der Waals surface area contributed by atoms with Crippen LogP contribution < -0.4 is 11.1 Å². The molecule has 27 heavy (non-hydrogen) atoms. The highest BCUT2D eigenvalue weighted by Gasteiger charge is 2.30. The zero-order valence-corrected chi connectivity index (χ0v) is 16.7. The molecule has 0 atom stereocenters. The van der Waals surface area contributed by atoms with Crippen molar-refractivity contribution in [2.45, 2.75) is 42.2 Å². The van der Waals surface area contributed by atoms with Gasteiger partial charge in [-0.2, -0.15) is 0 Å². The van der Waals surface area contributed by atoms with Crippen molar-refractivity contribution in [3.63, 3.8) is 0 Å². The highest BCUT2D eigenvalue weighted by atomic mass is 35.5. The molecule has 0 aliphatic heterocycles. The van der Waals surface area contributed by atoms with Gasteiger partial charge in [0.2, 0.25) is 0 Å². The van der Waals surface area contributed by atoms with Crippen LogP contribution in [0.2, 0.25) is 0 Å². The average molecular weight is 409 g/mol. The third kappa shape index (κ3) is 5.23. The zero-order valence-electron chi connectivity index (χ0n) is 15.1. The summed E-state index contributed by atoms with van der Waals surface area (Å²) >= 11 is 0. The maximum Gasteiger partial charge on any atom is 0.251 e. The van der Waals surface area contributed by atoms with Crippen LogP contribution in [0.4, 0.5) is 5.69 Å². The number of amides is 1. The lowest BCUT2D eigenvalue weighted by Gasteiger charge is -2.11. The second-order valence-electron chi connectivity index (χ2n) is 6.72. The van der Waals surface area contributed by atoms with Gasteiger partial charge in [-0.15, -0.1) is 12.4 Å². The molecule has 1 aliphatic rings. The fourth-order valence-electron chi connectivity index (χ4n) is 3.29. The summed E-state index contributed by atoms with van der Waals surface area (Å²) in [4.78, 5) is 12.5. The van der Waals surface area contributed by atoms with Gasteiger partial charge in [-0.25, -0.2) is 8.42 Å². The molecule has 0 unspecified atom stereocenters. The van der Waals surface area contributed by atoms with Crippen LogP contribution in [0.3, 0.4) is 0 Å². The molecule has 2 aromatic carbocycles. The highest BCUT2D eigenvalue weighted by Crippen LogP contribution is 2.29. The number of nitrogens with one attached hydrogen (secondary N) is 1. The molecule has 1 saturated carbocycles. The maximum atomic E-state index is 12.6. The Balaban J connectivity index is 0.00000261. The molecule has 0 bridgehead atoms. The van der Waals surface area contributed by atoms with Crippen molar-refractivity contribution >= 4 is 33.8 Å². The molecule has 0 saturated heterocycles. The third-order valence-electron chi connectivity index (χ3n) is 4.87. The van der Waals surface area contributed by atoms with Crippen molar-refractivity contribution in [1.29, 1.82) is 0 Å². The van der Waals surface area contributed by atoms with Crippen LogP contribution in [0.1, 0.15) is 41.6 Å². The summed E-state index contributed by atoms with van der Waals surface area (Å²) in [6.45, 7) is 0.505. The molecule has 5 nitrogen and oxygen atoms in total. The number of carbonyl (C=O) groups excluding carboxylic acids is 1. The second kappa shape index (κ2) is 9.24. The van der Waals surface area contributed by atoms with Crippen molar-refractivity contribution in [2.75, 3.05) is 12.3 Å². The smallest absolute Gasteiger partial charge is 0.251 e. The van der Waals surface area contributed by atoms with E-state index in [1.165, 1.54) is 0 Å². The maximum absolute atomic E-state index is 12.6. The number of sulfone groups is 1. The van der Waals surface area contributed by atoms with Gasteiger partial charge in [0, 0.05) is 17.8 Å². The molecule has 0 spiro atoms. The molecule has 0 heterocycles. The first-order chi connectivity index (χ1) is 12.5. The van der Waals surface area contributed by atoms with Gasteiger partial charge in [0.05, 0.1) is 10.1 Å². The van der Waals surface area contributed by atoms with Gasteiger partial charge < -0.3 is 11.1 Å². The lowest BCUT2D eigenvalue weighted by molar-refractivity contribution is 0.0954. The Labute approximate surface area is 166 Å². The average Bonchev–Trinajstić information content (AvgIpc) is 3.19. The van der Waals surface area contributed by atoms with E-state index in [4.69, 9.17) is 5.73 Å². The Kier molecular flexibility index (Phi) is 7.27. The van der Waals surface area contributed by atoms with Gasteiger partial charge in [0.1, 0.15) is 0 Å². The van der Waals surface area contributed by atoms with Crippen LogP contribution in [0.25, 0.3) is 0 Å². The predicted molar refractivity (Wildman–Crippen MR) is 110 cm³/mol. The first kappa shape index (κ1) is 21.3. The Bertz CT molecular complexity index is 859. The van der Waals surface area contributed by atoms with Gasteiger partial charge in [0.15, 0.2) is 9.84 Å². The summed E-state index contributed by atoms with van der Waals surface area (Å²) in [6, 6.07) is 13.8. The quantitative estimate of drug-likeness (QED) is 0.717. The molecule has 0 aromatic heterocycles. The number of rotatable bonds is 6. The van der Waals surface area contributed by atoms with Crippen LogP contribution in [-0.2, 0) is 16.3 Å². The number of nitrogen functional groups attached to an aromatic ring is 1. The van der Waals surface area contributed by atoms with Crippen LogP contribution >= 0.6 is 12.4 Å². The van der Waals surface area contributed by atoms with E-state index in [-0.39, 0.29) is 23.6 Å². The summed E-state index contributed by atoms with van der Waals surface area (Å²) < 4.78 is 25.1. The van der Waals surface area contributed by atoms with Gasteiger partial charge in [0.25, 0.3) is 5.91 Å². The van der Waals surface area contributed by atoms with Crippen molar-refractivity contribution in [1.82, 2.24) is 5.32 Å². The minimum atomic E-state index is -3.28. The Morgan fingerprint density at radius 3 is 2.19 bits per heavy atom. The van der Waals surface area contributed by atoms with E-state index >= 15 is 0 Å². The standard InChI is InChI=1S/C20H24N2O3S.ClH/c21-17-9-5-15(6-10-17)13-14-22-20(23)16-7-11-19(12-8-16)26(24,25)18-3-1-2-4-18;/h5-12,18H,1-4,13-14,21H2,(H,22,23);1H. The summed E-state index contributed by atoms with van der Waals surface area (Å²) in [6.07, 6.45) is 4.11. The number of nitrogens with two attached hydrogens (primary N) is 1. The normalized spacial score (nSPS) is 14.5. The number of carbonyl (C=O) groups is 1. The molecule has 0 radical (unpaired) electrons. The van der Waals surface area contributed by atoms with Crippen LogP contribution in [0, 0.1) is 0 Å². The molecule has 1 aliphatic carbocycles. The molecule has 3 rings (SSSR count). The summed E-state index contributed by atoms with van der Waals surface area (Å²) in [5.41, 5.74) is 7.92. The topological polar surface area (TPSA) is 89.3 Å². The van der Waals surface area contributed by atoms with E-state index in [2.05, 4.69) is 5.32 Å². The Morgan fingerprint density at radius 2 is 1.59 bits per heavy atom. The van der Waals surface area contributed by atoms with E-state index in [1.54, 1.807) is 24.3 Å². The number of hydrogen-bond acceptors (Lipinski definition) is 4. The van der Waals surface area contributed by atoms with E-state index in [0.29, 0.717) is 29.1 Å². The predicted octanol–water partition coefficient (Wildman–Crippen LogP) is 3.38. The number of halogens is 1. The first-order valence-electron chi connectivity index (χ1n) is 8.93. The minimum Gasteiger partial charge on any atom is -0.399 e. The van der Waals surface area contributed by atoms with E-state index < -0.39 is 9.84 Å². The number of benzene rings is 2. The fraction of sp³-hybridized carbons (Fsp3) is 0.350. The van der Waals surface area contributed by atoms with Gasteiger partial charge >= 0.3 is 0 Å². The van der Waals surface area contributed by atoms with Gasteiger partial charge in [-0.3, -0.25) is 4.79 Å². The van der Waals surface area contributed by atoms with Crippen LogP contribution in [0.15, 0.2) is 53.4 Å². The lowest BCUT2D eigenvalue weighted by Crippen LogP contribution is -2.25. The van der Waals surface area contributed by atoms with Gasteiger partial charge in [-0.05, 0) is 61.2 Å². The Hall–Kier alpha value is -2.05. The van der Waals surface area contributed by atoms with Crippen molar-refractivity contribution in [3.8, 4) is 0 Å². The van der Waals surface area contributed by atoms with E-state index in [1.807, 2.05) is 24.3 Å². The lowest BCUT2D eigenvalue weighted by atomic mass is 10.1. The van der Waals surface area contributed by atoms with Crippen molar-refractivity contribution in [3.05, 3.63) is 59.7 Å². The number of hydrogen-bond donors (Lipinski definition) is 2. The monoisotopic (exact) mass is 408 g/mol. The SMILES string of the molecule is Cl.Nc1ccc(CCNC(=O)c2ccc(S(=O)(=O)C3CCCC3)cc2)cc1. The number of anilines is 1. The summed E-state index contributed by atoms with van der Waals surface area (Å²) in [5, 5.41) is 2.58. The molecule has 3 N–H and O–H groups in total. The molecule has 2 aromatic rings. The summed E-state index contributed by atoms with van der Waals surface area (Å²) in [7, 11) is -3.28. The first-order valence-corrected chi connectivity index (χ1v) is 10.5. The van der Waals surface area contributed by atoms with Crippen molar-refractivity contribution in [2.24, 2.45) is 0 Å². The molecule has 1 fully saturated rings. The van der Waals surface area contributed by atoms with Crippen molar-refractivity contribution < 1.29 is 13.2 Å². The van der Waals surface area contributed by atoms with E-state index in [0.717, 1.165) is 31.2 Å². The second-order valence-corrected chi connectivity index (χ2v) is 8.95. The Morgan fingerprint density at radius 1 is 1.00 bits per heavy atom. The molecule has 146 valence electrons. The zero-order chi connectivity index (χ0) is 18.6. The van der Waals surface area contributed by atoms with Crippen LogP contribution in [-0.4, -0.2) is 26.1 Å². The molecule has 1 amide bonds. The third-order valence-corrected chi connectivity index (χ3v) is 7.14. The molecular weight excluding hydrogens is 384 g/mol. The van der Waals surface area contributed by atoms with Gasteiger partial charge in [-0.1, -0.05) is 25.0 Å². The summed E-state index contributed by atoms with van der Waals surface area (Å²) in [5.74, 6) is -0.203. The molecular formula is C20H25ClN2O3S.